The number of likely N-dealkylation sites (tertiary alicyclic amines) is 1. The molecule has 0 bridgehead atoms. The number of nitrogens with one attached hydrogen (secondary N) is 1. The van der Waals surface area contributed by atoms with Crippen molar-refractivity contribution >= 4 is 0 Å². The van der Waals surface area contributed by atoms with Gasteiger partial charge in [-0.2, -0.15) is 0 Å². The molecule has 0 radical (unpaired) electrons. The highest BCUT2D eigenvalue weighted by molar-refractivity contribution is 5.33. The number of fused-ring (bicyclic) bond motifs is 2. The molecule has 3 heterocycles. The van der Waals surface area contributed by atoms with Crippen LogP contribution in [-0.4, -0.2) is 49.7 Å². The van der Waals surface area contributed by atoms with Gasteiger partial charge in [-0.3, -0.25) is 5.32 Å². The summed E-state index contributed by atoms with van der Waals surface area (Å²) < 4.78 is 0. The lowest BCUT2D eigenvalue weighted by Gasteiger charge is -2.40. The Bertz CT molecular complexity index is 337. The molecule has 1 unspecified atom stereocenters. The smallest absolute Gasteiger partial charge is 0.102 e. The van der Waals surface area contributed by atoms with Gasteiger partial charge in [-0.05, 0) is 44.6 Å². The van der Waals surface area contributed by atoms with Crippen molar-refractivity contribution in [3.63, 3.8) is 0 Å². The molecule has 0 aromatic carbocycles. The molecule has 16 heavy (non-hydrogen) atoms. The van der Waals surface area contributed by atoms with E-state index in [1.54, 1.807) is 5.57 Å². The summed E-state index contributed by atoms with van der Waals surface area (Å²) in [5.41, 5.74) is 2.06. The van der Waals surface area contributed by atoms with Crippen LogP contribution < -0.4 is 5.32 Å². The molecule has 3 nitrogen and oxygen atoms in total. The second-order valence-electron chi connectivity index (χ2n) is 5.50. The topological polar surface area (TPSA) is 18.5 Å². The fourth-order valence-electron chi connectivity index (χ4n) is 3.31. The zero-order valence-corrected chi connectivity index (χ0v) is 10.2. The van der Waals surface area contributed by atoms with Gasteiger partial charge >= 0.3 is 0 Å². The third-order valence-electron chi connectivity index (χ3n) is 4.49. The fourth-order valence-corrected chi connectivity index (χ4v) is 3.31. The normalized spacial score (nSPS) is 33.0. The van der Waals surface area contributed by atoms with Crippen molar-refractivity contribution in [3.8, 4) is 0 Å². The summed E-state index contributed by atoms with van der Waals surface area (Å²) in [7, 11) is 4.39. The summed E-state index contributed by atoms with van der Waals surface area (Å²) in [4.78, 5) is 4.74. The van der Waals surface area contributed by atoms with E-state index in [1.807, 2.05) is 0 Å². The molecule has 1 spiro atoms. The molecule has 3 aliphatic heterocycles. The molecule has 88 valence electrons. The van der Waals surface area contributed by atoms with Crippen LogP contribution in [0.2, 0.25) is 0 Å². The molecule has 0 saturated carbocycles. The monoisotopic (exact) mass is 219 g/mol. The van der Waals surface area contributed by atoms with Gasteiger partial charge < -0.3 is 9.80 Å². The molecule has 2 fully saturated rings. The number of hydrogen-bond acceptors (Lipinski definition) is 3. The molecule has 2 saturated heterocycles. The van der Waals surface area contributed by atoms with Crippen molar-refractivity contribution < 1.29 is 0 Å². The highest BCUT2D eigenvalue weighted by Crippen LogP contribution is 2.44. The van der Waals surface area contributed by atoms with Crippen LogP contribution in [0.15, 0.2) is 23.9 Å². The Balaban J connectivity index is 1.87. The van der Waals surface area contributed by atoms with Crippen molar-refractivity contribution in [1.29, 1.82) is 0 Å². The molecule has 1 atom stereocenters. The molecule has 0 amide bonds. The number of rotatable bonds is 0. The Morgan fingerprint density at radius 2 is 2.06 bits per heavy atom. The summed E-state index contributed by atoms with van der Waals surface area (Å²) in [6.45, 7) is 3.63. The van der Waals surface area contributed by atoms with Gasteiger partial charge in [-0.15, -0.1) is 0 Å². The minimum atomic E-state index is 0.441. The van der Waals surface area contributed by atoms with E-state index in [0.717, 1.165) is 6.54 Å². The van der Waals surface area contributed by atoms with Crippen LogP contribution in [0, 0.1) is 5.41 Å². The van der Waals surface area contributed by atoms with Crippen LogP contribution >= 0.6 is 0 Å². The number of nitrogens with zero attached hydrogens (tertiary/aromatic N) is 2. The first kappa shape index (κ1) is 10.4. The predicted octanol–water partition coefficient (Wildman–Crippen LogP) is 1.01. The summed E-state index contributed by atoms with van der Waals surface area (Å²) in [5, 5.41) is 3.67. The Hall–Kier alpha value is -0.800. The summed E-state index contributed by atoms with van der Waals surface area (Å²) in [6.07, 6.45) is 9.76. The third-order valence-corrected chi connectivity index (χ3v) is 4.49. The van der Waals surface area contributed by atoms with Crippen LogP contribution in [0.5, 0.6) is 0 Å². The van der Waals surface area contributed by atoms with E-state index in [2.05, 4.69) is 47.6 Å². The van der Waals surface area contributed by atoms with Gasteiger partial charge in [0, 0.05) is 25.2 Å². The van der Waals surface area contributed by atoms with E-state index < -0.39 is 0 Å². The molecule has 3 rings (SSSR count). The molecule has 3 heteroatoms. The lowest BCUT2D eigenvalue weighted by molar-refractivity contribution is 0.168. The lowest BCUT2D eigenvalue weighted by atomic mass is 9.73. The van der Waals surface area contributed by atoms with Crippen molar-refractivity contribution in [2.75, 3.05) is 33.7 Å². The lowest BCUT2D eigenvalue weighted by Crippen LogP contribution is -2.41. The number of hydrogen-bond donors (Lipinski definition) is 1. The van der Waals surface area contributed by atoms with E-state index in [0.29, 0.717) is 11.6 Å². The van der Waals surface area contributed by atoms with Crippen molar-refractivity contribution in [3.05, 3.63) is 23.9 Å². The highest BCUT2D eigenvalue weighted by Gasteiger charge is 2.46. The van der Waals surface area contributed by atoms with Gasteiger partial charge in [0.1, 0.15) is 6.17 Å². The average molecular weight is 219 g/mol. The minimum Gasteiger partial charge on any atom is -0.361 e. The predicted molar refractivity (Wildman–Crippen MR) is 65.9 cm³/mol. The van der Waals surface area contributed by atoms with Crippen LogP contribution in [0.4, 0.5) is 0 Å². The van der Waals surface area contributed by atoms with E-state index >= 15 is 0 Å². The Kier molecular flexibility index (Phi) is 2.33. The minimum absolute atomic E-state index is 0.441. The van der Waals surface area contributed by atoms with Crippen LogP contribution in [-0.2, 0) is 0 Å². The van der Waals surface area contributed by atoms with Crippen molar-refractivity contribution in [1.82, 2.24) is 15.1 Å². The van der Waals surface area contributed by atoms with Crippen LogP contribution in [0.25, 0.3) is 0 Å². The second kappa shape index (κ2) is 3.60. The van der Waals surface area contributed by atoms with E-state index in [1.165, 1.54) is 25.9 Å². The van der Waals surface area contributed by atoms with Crippen LogP contribution in [0.1, 0.15) is 12.8 Å². The molecule has 0 aliphatic carbocycles. The molecule has 0 aromatic heterocycles. The van der Waals surface area contributed by atoms with E-state index in [9.17, 15) is 0 Å². The SMILES string of the molecule is CN1CCC2(CC1)CNC1C2=CC=CN1C. The van der Waals surface area contributed by atoms with Crippen molar-refractivity contribution in [2.45, 2.75) is 19.0 Å². The molecule has 1 N–H and O–H groups in total. The zero-order chi connectivity index (χ0) is 11.2. The first-order valence-electron chi connectivity index (χ1n) is 6.24. The van der Waals surface area contributed by atoms with Gasteiger partial charge in [0.25, 0.3) is 0 Å². The molecule has 3 aliphatic rings. The standard InChI is InChI=1S/C13H21N3/c1-15-8-5-13(6-9-15)10-14-12-11(13)4-3-7-16(12)2/h3-4,7,12,14H,5-6,8-10H2,1-2H3. The second-order valence-corrected chi connectivity index (χ2v) is 5.50. The maximum Gasteiger partial charge on any atom is 0.102 e. The number of piperidine rings is 1. The summed E-state index contributed by atoms with van der Waals surface area (Å²) >= 11 is 0. The van der Waals surface area contributed by atoms with E-state index in [4.69, 9.17) is 0 Å². The largest absolute Gasteiger partial charge is 0.361 e. The first-order chi connectivity index (χ1) is 7.71. The fraction of sp³-hybridized carbons (Fsp3) is 0.692. The first-order valence-corrected chi connectivity index (χ1v) is 6.24. The van der Waals surface area contributed by atoms with Gasteiger partial charge in [0.05, 0.1) is 0 Å². The maximum absolute atomic E-state index is 3.67. The molecular weight excluding hydrogens is 198 g/mol. The quantitative estimate of drug-likeness (QED) is 0.656. The van der Waals surface area contributed by atoms with E-state index in [-0.39, 0.29) is 0 Å². The van der Waals surface area contributed by atoms with Gasteiger partial charge in [0.2, 0.25) is 0 Å². The van der Waals surface area contributed by atoms with Gasteiger partial charge in [-0.25, -0.2) is 0 Å². The molecular formula is C13H21N3. The summed E-state index contributed by atoms with van der Waals surface area (Å²) in [5.74, 6) is 0. The average Bonchev–Trinajstić information content (AvgIpc) is 2.64. The Morgan fingerprint density at radius 1 is 1.31 bits per heavy atom. The summed E-state index contributed by atoms with van der Waals surface area (Å²) in [6, 6.07) is 0. The van der Waals surface area contributed by atoms with Crippen LogP contribution in [0.3, 0.4) is 0 Å². The Labute approximate surface area is 97.8 Å². The van der Waals surface area contributed by atoms with Gasteiger partial charge in [-0.1, -0.05) is 6.08 Å². The van der Waals surface area contributed by atoms with Crippen molar-refractivity contribution in [2.24, 2.45) is 5.41 Å². The zero-order valence-electron chi connectivity index (χ0n) is 10.2. The third kappa shape index (κ3) is 1.42. The number of allylic oxidation sites excluding steroid dienone is 2. The number of likely N-dealkylation sites (N-methyl/N-ethyl adjacent to an activating group) is 1. The maximum atomic E-state index is 3.67. The highest BCUT2D eigenvalue weighted by atomic mass is 15.3. The Morgan fingerprint density at radius 3 is 2.81 bits per heavy atom. The van der Waals surface area contributed by atoms with Gasteiger partial charge in [0.15, 0.2) is 0 Å². The molecule has 0 aromatic rings.